The number of carbonyl (C=O) groups is 2. The molecule has 2 aromatic carbocycles. The van der Waals surface area contributed by atoms with Gasteiger partial charge in [-0.15, -0.1) is 0 Å². The van der Waals surface area contributed by atoms with Gasteiger partial charge in [0.1, 0.15) is 0 Å². The highest BCUT2D eigenvalue weighted by molar-refractivity contribution is 6.01. The van der Waals surface area contributed by atoms with Crippen LogP contribution in [0, 0.1) is 11.8 Å². The number of amides is 2. The Labute approximate surface area is 172 Å². The molecule has 0 N–H and O–H groups in total. The van der Waals surface area contributed by atoms with Gasteiger partial charge in [-0.1, -0.05) is 56.3 Å². The highest BCUT2D eigenvalue weighted by Gasteiger charge is 2.47. The fourth-order valence-corrected chi connectivity index (χ4v) is 5.78. The molecule has 2 aromatic rings. The minimum atomic E-state index is -0.331. The predicted octanol–water partition coefficient (Wildman–Crippen LogP) is 4.03. The first-order chi connectivity index (χ1) is 14.0. The lowest BCUT2D eigenvalue weighted by Crippen LogP contribution is -2.52. The molecule has 0 radical (unpaired) electrons. The van der Waals surface area contributed by atoms with Gasteiger partial charge in [-0.3, -0.25) is 9.59 Å². The van der Waals surface area contributed by atoms with Crippen molar-refractivity contribution in [2.75, 3.05) is 19.6 Å². The van der Waals surface area contributed by atoms with Crippen molar-refractivity contribution < 1.29 is 9.59 Å². The Morgan fingerprint density at radius 2 is 1.59 bits per heavy atom. The Morgan fingerprint density at radius 3 is 2.34 bits per heavy atom. The standard InChI is InChI=1S/C25H28N2O2/c1-16-13-17(2)15-26(14-16)25(29)22-20-9-5-6-10-21(20)24(28)27-12-11-18-7-3-4-8-19(18)23(22)27/h3-10,16-17,22-23H,11-15H2,1-2H3. The molecule has 1 saturated heterocycles. The van der Waals surface area contributed by atoms with Gasteiger partial charge < -0.3 is 9.80 Å². The molecule has 3 aliphatic heterocycles. The molecule has 0 bridgehead atoms. The summed E-state index contributed by atoms with van der Waals surface area (Å²) < 4.78 is 0. The van der Waals surface area contributed by atoms with Crippen molar-refractivity contribution >= 4 is 11.8 Å². The molecule has 1 fully saturated rings. The third-order valence-corrected chi connectivity index (χ3v) is 6.88. The lowest BCUT2D eigenvalue weighted by molar-refractivity contribution is -0.137. The molecule has 29 heavy (non-hydrogen) atoms. The minimum Gasteiger partial charge on any atom is -0.342 e. The number of likely N-dealkylation sites (tertiary alicyclic amines) is 1. The summed E-state index contributed by atoms with van der Waals surface area (Å²) in [7, 11) is 0. The van der Waals surface area contributed by atoms with Gasteiger partial charge in [0.2, 0.25) is 5.91 Å². The summed E-state index contributed by atoms with van der Waals surface area (Å²) in [6.45, 7) is 6.76. The monoisotopic (exact) mass is 388 g/mol. The van der Waals surface area contributed by atoms with E-state index in [0.717, 1.165) is 30.6 Å². The van der Waals surface area contributed by atoms with Crippen LogP contribution in [0.4, 0.5) is 0 Å². The lowest BCUT2D eigenvalue weighted by Gasteiger charge is -2.47. The predicted molar refractivity (Wildman–Crippen MR) is 113 cm³/mol. The molecule has 4 unspecified atom stereocenters. The second-order valence-electron chi connectivity index (χ2n) is 9.15. The van der Waals surface area contributed by atoms with Crippen LogP contribution in [0.3, 0.4) is 0 Å². The highest BCUT2D eigenvalue weighted by Crippen LogP contribution is 2.47. The number of nitrogens with zero attached hydrogens (tertiary/aromatic N) is 2. The van der Waals surface area contributed by atoms with Gasteiger partial charge in [0.25, 0.3) is 5.91 Å². The first kappa shape index (κ1) is 18.4. The van der Waals surface area contributed by atoms with E-state index in [1.165, 1.54) is 12.0 Å². The first-order valence-electron chi connectivity index (χ1n) is 10.8. The quantitative estimate of drug-likeness (QED) is 0.740. The van der Waals surface area contributed by atoms with Crippen LogP contribution in [0.25, 0.3) is 0 Å². The maximum atomic E-state index is 14.0. The topological polar surface area (TPSA) is 40.6 Å². The van der Waals surface area contributed by atoms with Gasteiger partial charge in [0.15, 0.2) is 0 Å². The van der Waals surface area contributed by atoms with Crippen LogP contribution in [0.1, 0.15) is 59.3 Å². The molecule has 150 valence electrons. The average Bonchev–Trinajstić information content (AvgIpc) is 2.73. The smallest absolute Gasteiger partial charge is 0.254 e. The SMILES string of the molecule is CC1CC(C)CN(C(=O)C2c3ccccc3C(=O)N3CCc4ccccc4C23)C1. The maximum Gasteiger partial charge on any atom is 0.254 e. The molecule has 4 heteroatoms. The number of rotatable bonds is 1. The van der Waals surface area contributed by atoms with Crippen molar-refractivity contribution in [3.05, 3.63) is 70.8 Å². The van der Waals surface area contributed by atoms with E-state index in [4.69, 9.17) is 0 Å². The summed E-state index contributed by atoms with van der Waals surface area (Å²) in [6, 6.07) is 15.9. The Morgan fingerprint density at radius 1 is 0.931 bits per heavy atom. The van der Waals surface area contributed by atoms with Crippen LogP contribution in [0.5, 0.6) is 0 Å². The molecule has 0 spiro atoms. The molecule has 3 aliphatic rings. The summed E-state index contributed by atoms with van der Waals surface area (Å²) in [4.78, 5) is 31.3. The van der Waals surface area contributed by atoms with E-state index >= 15 is 0 Å². The van der Waals surface area contributed by atoms with Crippen molar-refractivity contribution in [2.45, 2.75) is 38.6 Å². The third kappa shape index (κ3) is 2.97. The van der Waals surface area contributed by atoms with Crippen LogP contribution in [-0.4, -0.2) is 41.2 Å². The Bertz CT molecular complexity index is 959. The third-order valence-electron chi connectivity index (χ3n) is 6.88. The first-order valence-corrected chi connectivity index (χ1v) is 10.8. The second-order valence-corrected chi connectivity index (χ2v) is 9.15. The highest BCUT2D eigenvalue weighted by atomic mass is 16.2. The van der Waals surface area contributed by atoms with Crippen LogP contribution in [0.15, 0.2) is 48.5 Å². The molecular weight excluding hydrogens is 360 g/mol. The summed E-state index contributed by atoms with van der Waals surface area (Å²) in [5.74, 6) is 0.929. The average molecular weight is 389 g/mol. The van der Waals surface area contributed by atoms with Gasteiger partial charge in [-0.05, 0) is 47.4 Å². The Kier molecular flexibility index (Phi) is 4.45. The van der Waals surface area contributed by atoms with Gasteiger partial charge in [-0.2, -0.15) is 0 Å². The molecule has 0 saturated carbocycles. The van der Waals surface area contributed by atoms with Crippen LogP contribution >= 0.6 is 0 Å². The van der Waals surface area contributed by atoms with Crippen molar-refractivity contribution in [1.82, 2.24) is 9.80 Å². The van der Waals surface area contributed by atoms with Gasteiger partial charge in [-0.25, -0.2) is 0 Å². The fraction of sp³-hybridized carbons (Fsp3) is 0.440. The molecule has 4 atom stereocenters. The van der Waals surface area contributed by atoms with Crippen molar-refractivity contribution in [2.24, 2.45) is 11.8 Å². The van der Waals surface area contributed by atoms with Crippen LogP contribution in [0.2, 0.25) is 0 Å². The minimum absolute atomic E-state index is 0.0598. The van der Waals surface area contributed by atoms with Gasteiger partial charge in [0, 0.05) is 25.2 Å². The Balaban J connectivity index is 1.64. The lowest BCUT2D eigenvalue weighted by atomic mass is 9.75. The molecule has 0 aliphatic carbocycles. The zero-order chi connectivity index (χ0) is 20.1. The van der Waals surface area contributed by atoms with Crippen LogP contribution < -0.4 is 0 Å². The van der Waals surface area contributed by atoms with E-state index in [1.54, 1.807) is 0 Å². The van der Waals surface area contributed by atoms with E-state index < -0.39 is 0 Å². The van der Waals surface area contributed by atoms with Crippen molar-refractivity contribution in [3.63, 3.8) is 0 Å². The van der Waals surface area contributed by atoms with Gasteiger partial charge in [0.05, 0.1) is 12.0 Å². The fourth-order valence-electron chi connectivity index (χ4n) is 5.78. The summed E-state index contributed by atoms with van der Waals surface area (Å²) in [5, 5.41) is 0. The number of hydrogen-bond donors (Lipinski definition) is 0. The normalized spacial score (nSPS) is 28.4. The summed E-state index contributed by atoms with van der Waals surface area (Å²) >= 11 is 0. The van der Waals surface area contributed by atoms with Crippen LogP contribution in [-0.2, 0) is 11.2 Å². The second kappa shape index (κ2) is 7.01. The number of benzene rings is 2. The number of piperidine rings is 1. The molecular formula is C25H28N2O2. The maximum absolute atomic E-state index is 14.0. The van der Waals surface area contributed by atoms with E-state index in [2.05, 4.69) is 36.9 Å². The number of fused-ring (bicyclic) bond motifs is 4. The van der Waals surface area contributed by atoms with E-state index in [1.807, 2.05) is 35.2 Å². The zero-order valence-electron chi connectivity index (χ0n) is 17.2. The molecule has 2 amide bonds. The summed E-state index contributed by atoms with van der Waals surface area (Å²) in [5.41, 5.74) is 3.99. The Hall–Kier alpha value is -2.62. The number of hydrogen-bond acceptors (Lipinski definition) is 2. The van der Waals surface area contributed by atoms with E-state index in [0.29, 0.717) is 23.9 Å². The largest absolute Gasteiger partial charge is 0.342 e. The molecule has 5 rings (SSSR count). The van der Waals surface area contributed by atoms with Crippen molar-refractivity contribution in [3.8, 4) is 0 Å². The van der Waals surface area contributed by atoms with E-state index in [9.17, 15) is 9.59 Å². The van der Waals surface area contributed by atoms with Gasteiger partial charge >= 0.3 is 0 Å². The number of carbonyl (C=O) groups excluding carboxylic acids is 2. The van der Waals surface area contributed by atoms with E-state index in [-0.39, 0.29) is 23.8 Å². The zero-order valence-corrected chi connectivity index (χ0v) is 17.2. The summed E-state index contributed by atoms with van der Waals surface area (Å²) in [6.07, 6.45) is 2.02. The molecule has 3 heterocycles. The van der Waals surface area contributed by atoms with Crippen molar-refractivity contribution in [1.29, 1.82) is 0 Å². The molecule has 0 aromatic heterocycles. The molecule has 4 nitrogen and oxygen atoms in total.